The Kier molecular flexibility index (Phi) is 4.83. The molecule has 0 aliphatic rings. The molecular weight excluding hydrogens is 192 g/mol. The molecule has 0 aromatic carbocycles. The van der Waals surface area contributed by atoms with E-state index in [-0.39, 0.29) is 5.91 Å². The lowest BCUT2D eigenvalue weighted by atomic mass is 10.4. The predicted octanol–water partition coefficient (Wildman–Crippen LogP) is 0.129. The van der Waals surface area contributed by atoms with Crippen molar-refractivity contribution >= 4 is 5.91 Å². The van der Waals surface area contributed by atoms with E-state index in [1.165, 1.54) is 0 Å². The Labute approximate surface area is 89.9 Å². The average molecular weight is 210 g/mol. The fourth-order valence-electron chi connectivity index (χ4n) is 1.26. The number of hydrogen-bond acceptors (Lipinski definition) is 3. The standard InChI is InChI=1S/C10H18N4O/c1-3-11-5-9-6-14(8-13-9)7-10(15)12-4-2/h6,8,11H,3-5,7H2,1-2H3,(H,12,15). The van der Waals surface area contributed by atoms with Crippen LogP contribution in [0.15, 0.2) is 12.5 Å². The summed E-state index contributed by atoms with van der Waals surface area (Å²) in [6.07, 6.45) is 3.57. The molecule has 0 radical (unpaired) electrons. The molecule has 0 aliphatic heterocycles. The van der Waals surface area contributed by atoms with Gasteiger partial charge in [0, 0.05) is 19.3 Å². The maximum atomic E-state index is 11.3. The summed E-state index contributed by atoms with van der Waals surface area (Å²) in [5.74, 6) is 0.0184. The Hall–Kier alpha value is -1.36. The highest BCUT2D eigenvalue weighted by atomic mass is 16.1. The van der Waals surface area contributed by atoms with Crippen LogP contribution < -0.4 is 10.6 Å². The van der Waals surface area contributed by atoms with Crippen molar-refractivity contribution in [2.75, 3.05) is 13.1 Å². The summed E-state index contributed by atoms with van der Waals surface area (Å²) in [5.41, 5.74) is 0.959. The molecule has 0 bridgehead atoms. The fraction of sp³-hybridized carbons (Fsp3) is 0.600. The zero-order valence-corrected chi connectivity index (χ0v) is 9.29. The molecule has 15 heavy (non-hydrogen) atoms. The molecule has 0 saturated heterocycles. The van der Waals surface area contributed by atoms with Crippen LogP contribution in [0.2, 0.25) is 0 Å². The van der Waals surface area contributed by atoms with Crippen LogP contribution in [0.4, 0.5) is 0 Å². The van der Waals surface area contributed by atoms with Crippen LogP contribution in [-0.4, -0.2) is 28.5 Å². The largest absolute Gasteiger partial charge is 0.355 e. The lowest BCUT2D eigenvalue weighted by Crippen LogP contribution is -2.26. The Balaban J connectivity index is 2.42. The van der Waals surface area contributed by atoms with Crippen molar-refractivity contribution in [1.29, 1.82) is 0 Å². The maximum Gasteiger partial charge on any atom is 0.239 e. The van der Waals surface area contributed by atoms with E-state index in [4.69, 9.17) is 0 Å². The number of amides is 1. The Morgan fingerprint density at radius 2 is 2.27 bits per heavy atom. The minimum Gasteiger partial charge on any atom is -0.355 e. The first kappa shape index (κ1) is 11.7. The Morgan fingerprint density at radius 3 is 2.93 bits per heavy atom. The van der Waals surface area contributed by atoms with E-state index in [1.807, 2.05) is 20.0 Å². The molecule has 5 nitrogen and oxygen atoms in total. The van der Waals surface area contributed by atoms with Gasteiger partial charge >= 0.3 is 0 Å². The monoisotopic (exact) mass is 210 g/mol. The molecule has 0 unspecified atom stereocenters. The van der Waals surface area contributed by atoms with Crippen LogP contribution in [0.25, 0.3) is 0 Å². The summed E-state index contributed by atoms with van der Waals surface area (Å²) in [4.78, 5) is 15.4. The second-order valence-corrected chi connectivity index (χ2v) is 3.27. The lowest BCUT2D eigenvalue weighted by molar-refractivity contribution is -0.121. The normalized spacial score (nSPS) is 10.3. The average Bonchev–Trinajstić information content (AvgIpc) is 2.63. The molecule has 84 valence electrons. The van der Waals surface area contributed by atoms with Crippen molar-refractivity contribution in [1.82, 2.24) is 20.2 Å². The number of likely N-dealkylation sites (N-methyl/N-ethyl adjacent to an activating group) is 1. The summed E-state index contributed by atoms with van der Waals surface area (Å²) in [7, 11) is 0. The Bertz CT molecular complexity index is 308. The third-order valence-electron chi connectivity index (χ3n) is 1.94. The zero-order valence-electron chi connectivity index (χ0n) is 9.29. The van der Waals surface area contributed by atoms with Crippen LogP contribution in [0, 0.1) is 0 Å². The molecule has 1 aromatic rings. The van der Waals surface area contributed by atoms with E-state index in [2.05, 4.69) is 15.6 Å². The van der Waals surface area contributed by atoms with Gasteiger partial charge in [-0.05, 0) is 13.5 Å². The van der Waals surface area contributed by atoms with E-state index >= 15 is 0 Å². The van der Waals surface area contributed by atoms with Gasteiger partial charge in [0.05, 0.1) is 12.0 Å². The van der Waals surface area contributed by atoms with Gasteiger partial charge < -0.3 is 15.2 Å². The van der Waals surface area contributed by atoms with Gasteiger partial charge in [0.2, 0.25) is 5.91 Å². The molecule has 0 saturated carbocycles. The predicted molar refractivity (Wildman–Crippen MR) is 58.3 cm³/mol. The van der Waals surface area contributed by atoms with E-state index in [9.17, 15) is 4.79 Å². The first-order valence-corrected chi connectivity index (χ1v) is 5.24. The SMILES string of the molecule is CCNCc1cn(CC(=O)NCC)cn1. The van der Waals surface area contributed by atoms with E-state index < -0.39 is 0 Å². The third kappa shape index (κ3) is 4.12. The quantitative estimate of drug-likeness (QED) is 0.701. The molecule has 1 heterocycles. The molecule has 1 rings (SSSR count). The first-order valence-electron chi connectivity index (χ1n) is 5.24. The number of imidazole rings is 1. The van der Waals surface area contributed by atoms with Gasteiger partial charge in [-0.3, -0.25) is 4.79 Å². The first-order chi connectivity index (χ1) is 7.26. The molecule has 0 atom stereocenters. The van der Waals surface area contributed by atoms with Crippen molar-refractivity contribution in [3.63, 3.8) is 0 Å². The highest BCUT2D eigenvalue weighted by Gasteiger charge is 2.02. The van der Waals surface area contributed by atoms with Crippen molar-refractivity contribution in [2.45, 2.75) is 26.9 Å². The van der Waals surface area contributed by atoms with Crippen molar-refractivity contribution in [3.05, 3.63) is 18.2 Å². The van der Waals surface area contributed by atoms with Gasteiger partial charge in [-0.2, -0.15) is 0 Å². The van der Waals surface area contributed by atoms with Crippen molar-refractivity contribution in [2.24, 2.45) is 0 Å². The molecule has 0 spiro atoms. The summed E-state index contributed by atoms with van der Waals surface area (Å²) < 4.78 is 1.79. The molecular formula is C10H18N4O. The number of hydrogen-bond donors (Lipinski definition) is 2. The van der Waals surface area contributed by atoms with E-state index in [0.29, 0.717) is 13.1 Å². The molecule has 1 aromatic heterocycles. The summed E-state index contributed by atoms with van der Waals surface area (Å²) >= 11 is 0. The van der Waals surface area contributed by atoms with Gasteiger partial charge in [0.15, 0.2) is 0 Å². The molecule has 2 N–H and O–H groups in total. The lowest BCUT2D eigenvalue weighted by Gasteiger charge is -2.01. The number of carbonyl (C=O) groups is 1. The maximum absolute atomic E-state index is 11.3. The third-order valence-corrected chi connectivity index (χ3v) is 1.94. The molecule has 5 heteroatoms. The fourth-order valence-corrected chi connectivity index (χ4v) is 1.26. The van der Waals surface area contributed by atoms with Crippen molar-refractivity contribution < 1.29 is 4.79 Å². The molecule has 0 aliphatic carbocycles. The van der Waals surface area contributed by atoms with Gasteiger partial charge in [0.1, 0.15) is 6.54 Å². The highest BCUT2D eigenvalue weighted by molar-refractivity contribution is 5.75. The zero-order chi connectivity index (χ0) is 11.1. The highest BCUT2D eigenvalue weighted by Crippen LogP contribution is 1.95. The van der Waals surface area contributed by atoms with Gasteiger partial charge in [0.25, 0.3) is 0 Å². The topological polar surface area (TPSA) is 59.0 Å². The van der Waals surface area contributed by atoms with E-state index in [0.717, 1.165) is 18.8 Å². The van der Waals surface area contributed by atoms with Crippen LogP contribution in [0.5, 0.6) is 0 Å². The van der Waals surface area contributed by atoms with Crippen LogP contribution in [-0.2, 0) is 17.9 Å². The van der Waals surface area contributed by atoms with Crippen LogP contribution in [0.1, 0.15) is 19.5 Å². The summed E-state index contributed by atoms with van der Waals surface area (Å²) in [5, 5.41) is 5.92. The number of nitrogens with zero attached hydrogens (tertiary/aromatic N) is 2. The van der Waals surface area contributed by atoms with Gasteiger partial charge in [-0.1, -0.05) is 6.92 Å². The van der Waals surface area contributed by atoms with Gasteiger partial charge in [-0.15, -0.1) is 0 Å². The van der Waals surface area contributed by atoms with Crippen LogP contribution in [0.3, 0.4) is 0 Å². The summed E-state index contributed by atoms with van der Waals surface area (Å²) in [6, 6.07) is 0. The minimum atomic E-state index is 0.0184. The summed E-state index contributed by atoms with van der Waals surface area (Å²) in [6.45, 7) is 6.63. The molecule has 0 fully saturated rings. The number of nitrogens with one attached hydrogen (secondary N) is 2. The van der Waals surface area contributed by atoms with Crippen LogP contribution >= 0.6 is 0 Å². The number of carbonyl (C=O) groups excluding carboxylic acids is 1. The van der Waals surface area contributed by atoms with Crippen molar-refractivity contribution in [3.8, 4) is 0 Å². The van der Waals surface area contributed by atoms with Gasteiger partial charge in [-0.25, -0.2) is 4.98 Å². The van der Waals surface area contributed by atoms with E-state index in [1.54, 1.807) is 10.9 Å². The molecule has 1 amide bonds. The number of rotatable bonds is 6. The second-order valence-electron chi connectivity index (χ2n) is 3.27. The Morgan fingerprint density at radius 1 is 1.47 bits per heavy atom. The minimum absolute atomic E-state index is 0.0184. The number of aromatic nitrogens is 2. The second kappa shape index (κ2) is 6.19. The smallest absolute Gasteiger partial charge is 0.239 e.